The lowest BCUT2D eigenvalue weighted by atomic mass is 10.1. The zero-order chi connectivity index (χ0) is 18.7. The van der Waals surface area contributed by atoms with E-state index in [9.17, 15) is 14.3 Å². The fraction of sp³-hybridized carbons (Fsp3) is 0.118. The molecule has 130 valence electrons. The van der Waals surface area contributed by atoms with Gasteiger partial charge in [-0.3, -0.25) is 4.98 Å². The number of hydrogen-bond donors (Lipinski definition) is 3. The molecule has 26 heavy (non-hydrogen) atoms. The van der Waals surface area contributed by atoms with Crippen LogP contribution in [-0.2, 0) is 6.42 Å². The maximum atomic E-state index is 13.3. The summed E-state index contributed by atoms with van der Waals surface area (Å²) < 4.78 is 13.3. The summed E-state index contributed by atoms with van der Waals surface area (Å²) in [6, 6.07) is 7.30. The molecule has 0 bridgehead atoms. The minimum atomic E-state index is -1.15. The second-order valence-electron chi connectivity index (χ2n) is 5.40. The van der Waals surface area contributed by atoms with Gasteiger partial charge in [-0.05, 0) is 24.3 Å². The first-order chi connectivity index (χ1) is 12.5. The second-order valence-corrected chi connectivity index (χ2v) is 5.40. The van der Waals surface area contributed by atoms with Gasteiger partial charge in [0.05, 0.1) is 16.8 Å². The van der Waals surface area contributed by atoms with Gasteiger partial charge in [0.1, 0.15) is 35.4 Å². The van der Waals surface area contributed by atoms with Crippen molar-refractivity contribution in [2.24, 2.45) is 0 Å². The van der Waals surface area contributed by atoms with Gasteiger partial charge in [0.2, 0.25) is 0 Å². The van der Waals surface area contributed by atoms with Gasteiger partial charge in [-0.2, -0.15) is 5.26 Å². The molecule has 8 nitrogen and oxygen atoms in total. The number of fused-ring (bicyclic) bond motifs is 1. The standard InChI is InChI=1S/C17H13FN6O2/c18-10-1-2-13-9(5-10)6-11(17(25)26)14(24-13)3-4-21-16-12(7-19)15(20)22-8-23-16/h1-2,5-6,8H,3-4H2,(H,25,26)(H3,20,21,22,23). The molecule has 0 fully saturated rings. The fourth-order valence-corrected chi connectivity index (χ4v) is 2.51. The molecule has 0 aliphatic rings. The van der Waals surface area contributed by atoms with Crippen molar-refractivity contribution in [3.05, 3.63) is 53.2 Å². The predicted octanol–water partition coefficient (Wildman–Crippen LogP) is 1.97. The van der Waals surface area contributed by atoms with E-state index >= 15 is 0 Å². The van der Waals surface area contributed by atoms with Gasteiger partial charge in [0, 0.05) is 18.4 Å². The molecule has 4 N–H and O–H groups in total. The Morgan fingerprint density at radius 3 is 2.88 bits per heavy atom. The maximum absolute atomic E-state index is 13.3. The van der Waals surface area contributed by atoms with Crippen LogP contribution in [0.15, 0.2) is 30.6 Å². The van der Waals surface area contributed by atoms with Crippen LogP contribution in [0.3, 0.4) is 0 Å². The zero-order valence-electron chi connectivity index (χ0n) is 13.4. The van der Waals surface area contributed by atoms with E-state index in [1.165, 1.54) is 30.6 Å². The summed E-state index contributed by atoms with van der Waals surface area (Å²) in [4.78, 5) is 23.5. The number of nitriles is 1. The Hall–Kier alpha value is -3.80. The Bertz CT molecular complexity index is 1050. The number of pyridine rings is 1. The monoisotopic (exact) mass is 352 g/mol. The zero-order valence-corrected chi connectivity index (χ0v) is 13.4. The van der Waals surface area contributed by atoms with Gasteiger partial charge >= 0.3 is 5.97 Å². The molecule has 0 aliphatic carbocycles. The fourth-order valence-electron chi connectivity index (χ4n) is 2.51. The van der Waals surface area contributed by atoms with Crippen molar-refractivity contribution in [3.63, 3.8) is 0 Å². The van der Waals surface area contributed by atoms with E-state index in [1.54, 1.807) is 0 Å². The molecule has 0 atom stereocenters. The van der Waals surface area contributed by atoms with Gasteiger partial charge in [-0.15, -0.1) is 0 Å². The highest BCUT2D eigenvalue weighted by molar-refractivity contribution is 5.94. The van der Waals surface area contributed by atoms with Crippen molar-refractivity contribution >= 4 is 28.5 Å². The first-order valence-corrected chi connectivity index (χ1v) is 7.56. The largest absolute Gasteiger partial charge is 0.478 e. The highest BCUT2D eigenvalue weighted by atomic mass is 19.1. The number of carboxylic acid groups (broad SMARTS) is 1. The highest BCUT2D eigenvalue weighted by Crippen LogP contribution is 2.20. The summed E-state index contributed by atoms with van der Waals surface area (Å²) in [5, 5.41) is 21.8. The van der Waals surface area contributed by atoms with E-state index in [1.807, 2.05) is 6.07 Å². The van der Waals surface area contributed by atoms with Crippen LogP contribution in [-0.4, -0.2) is 32.6 Å². The van der Waals surface area contributed by atoms with Crippen LogP contribution in [0.25, 0.3) is 10.9 Å². The number of benzene rings is 1. The number of aromatic carboxylic acids is 1. The van der Waals surface area contributed by atoms with Gasteiger partial charge in [0.15, 0.2) is 0 Å². The van der Waals surface area contributed by atoms with Crippen LogP contribution in [0, 0.1) is 17.1 Å². The van der Waals surface area contributed by atoms with Crippen LogP contribution in [0.1, 0.15) is 21.6 Å². The number of nitrogens with two attached hydrogens (primary N) is 1. The Labute approximate surface area is 147 Å². The van der Waals surface area contributed by atoms with Crippen LogP contribution in [0.5, 0.6) is 0 Å². The number of hydrogen-bond acceptors (Lipinski definition) is 7. The molecule has 9 heteroatoms. The van der Waals surface area contributed by atoms with E-state index in [0.29, 0.717) is 16.6 Å². The summed E-state index contributed by atoms with van der Waals surface area (Å²) in [6.07, 6.45) is 1.48. The third kappa shape index (κ3) is 3.34. The molecule has 3 aromatic rings. The molecule has 0 aliphatic heterocycles. The molecule has 0 saturated heterocycles. The molecule has 0 spiro atoms. The molecule has 3 rings (SSSR count). The summed E-state index contributed by atoms with van der Waals surface area (Å²) in [6.45, 7) is 0.269. The third-order valence-corrected chi connectivity index (χ3v) is 3.73. The van der Waals surface area contributed by atoms with Crippen LogP contribution >= 0.6 is 0 Å². The molecule has 0 amide bonds. The quantitative estimate of drug-likeness (QED) is 0.633. The third-order valence-electron chi connectivity index (χ3n) is 3.73. The second kappa shape index (κ2) is 6.98. The minimum absolute atomic E-state index is 0.00684. The molecule has 0 radical (unpaired) electrons. The Morgan fingerprint density at radius 2 is 2.15 bits per heavy atom. The van der Waals surface area contributed by atoms with E-state index in [0.717, 1.165) is 0 Å². The van der Waals surface area contributed by atoms with Crippen LogP contribution < -0.4 is 11.1 Å². The Balaban J connectivity index is 1.86. The molecular weight excluding hydrogens is 339 g/mol. The van der Waals surface area contributed by atoms with Gasteiger partial charge in [0.25, 0.3) is 0 Å². The summed E-state index contributed by atoms with van der Waals surface area (Å²) in [5.74, 6) is -1.29. The SMILES string of the molecule is N#Cc1c(N)ncnc1NCCc1nc2ccc(F)cc2cc1C(=O)O. The topological polar surface area (TPSA) is 138 Å². The average Bonchev–Trinajstić information content (AvgIpc) is 2.61. The predicted molar refractivity (Wildman–Crippen MR) is 92.0 cm³/mol. The molecule has 1 aromatic carbocycles. The smallest absolute Gasteiger partial charge is 0.337 e. The minimum Gasteiger partial charge on any atom is -0.478 e. The number of nitrogens with zero attached hydrogens (tertiary/aromatic N) is 4. The number of anilines is 2. The molecule has 2 aromatic heterocycles. The Kier molecular flexibility index (Phi) is 4.57. The highest BCUT2D eigenvalue weighted by Gasteiger charge is 2.14. The van der Waals surface area contributed by atoms with E-state index in [2.05, 4.69) is 20.3 Å². The first-order valence-electron chi connectivity index (χ1n) is 7.56. The summed E-state index contributed by atoms with van der Waals surface area (Å²) >= 11 is 0. The number of carbonyl (C=O) groups is 1. The molecule has 2 heterocycles. The van der Waals surface area contributed by atoms with E-state index < -0.39 is 11.8 Å². The van der Waals surface area contributed by atoms with Crippen molar-refractivity contribution in [1.82, 2.24) is 15.0 Å². The van der Waals surface area contributed by atoms with Crippen molar-refractivity contribution < 1.29 is 14.3 Å². The van der Waals surface area contributed by atoms with Crippen molar-refractivity contribution in [3.8, 4) is 6.07 Å². The number of halogens is 1. The first kappa shape index (κ1) is 17.0. The maximum Gasteiger partial charge on any atom is 0.337 e. The number of nitrogens with one attached hydrogen (secondary N) is 1. The van der Waals surface area contributed by atoms with Gasteiger partial charge in [-0.1, -0.05) is 0 Å². The molecule has 0 unspecified atom stereocenters. The average molecular weight is 352 g/mol. The number of aromatic nitrogens is 3. The van der Waals surface area contributed by atoms with E-state index in [-0.39, 0.29) is 35.7 Å². The lowest BCUT2D eigenvalue weighted by Gasteiger charge is -2.10. The van der Waals surface area contributed by atoms with Crippen molar-refractivity contribution in [1.29, 1.82) is 5.26 Å². The van der Waals surface area contributed by atoms with Gasteiger partial charge < -0.3 is 16.2 Å². The molecule has 0 saturated carbocycles. The normalized spacial score (nSPS) is 10.5. The number of rotatable bonds is 5. The number of carboxylic acids is 1. The number of nitrogen functional groups attached to an aromatic ring is 1. The van der Waals surface area contributed by atoms with Crippen LogP contribution in [0.2, 0.25) is 0 Å². The summed E-state index contributed by atoms with van der Waals surface area (Å²) in [7, 11) is 0. The van der Waals surface area contributed by atoms with Crippen molar-refractivity contribution in [2.75, 3.05) is 17.6 Å². The molecular formula is C17H13FN6O2. The van der Waals surface area contributed by atoms with Crippen LogP contribution in [0.4, 0.5) is 16.0 Å². The lowest BCUT2D eigenvalue weighted by molar-refractivity contribution is 0.0695. The summed E-state index contributed by atoms with van der Waals surface area (Å²) in [5.41, 5.74) is 6.56. The Morgan fingerprint density at radius 1 is 1.35 bits per heavy atom. The van der Waals surface area contributed by atoms with E-state index in [4.69, 9.17) is 11.0 Å². The lowest BCUT2D eigenvalue weighted by Crippen LogP contribution is -2.13. The van der Waals surface area contributed by atoms with Gasteiger partial charge in [-0.25, -0.2) is 19.2 Å². The van der Waals surface area contributed by atoms with Crippen molar-refractivity contribution in [2.45, 2.75) is 6.42 Å².